The topological polar surface area (TPSA) is 76.1 Å². The first-order chi connectivity index (χ1) is 16.8. The molecule has 0 bridgehead atoms. The first-order valence-electron chi connectivity index (χ1n) is 10.6. The SMILES string of the molecule is CCOc1ccc(Cl)c(/C(O)=C2\C(=O)C(=O)N(c3ccc(OC)c(Cl)c3)C2c2ccc(F)cc2)c1. The molecule has 35 heavy (non-hydrogen) atoms. The van der Waals surface area contributed by atoms with Gasteiger partial charge in [0.25, 0.3) is 11.7 Å². The van der Waals surface area contributed by atoms with Crippen LogP contribution in [-0.4, -0.2) is 30.5 Å². The Kier molecular flexibility index (Phi) is 7.00. The molecule has 1 heterocycles. The number of aliphatic hydroxyl groups excluding tert-OH is 1. The molecular formula is C26H20Cl2FNO5. The molecule has 1 N–H and O–H groups in total. The summed E-state index contributed by atoms with van der Waals surface area (Å²) in [6.07, 6.45) is 0. The quantitative estimate of drug-likeness (QED) is 0.241. The molecule has 1 unspecified atom stereocenters. The first kappa shape index (κ1) is 24.6. The molecule has 1 amide bonds. The molecule has 3 aromatic carbocycles. The minimum absolute atomic E-state index is 0.121. The van der Waals surface area contributed by atoms with E-state index < -0.39 is 29.3 Å². The zero-order valence-electron chi connectivity index (χ0n) is 18.7. The number of benzene rings is 3. The van der Waals surface area contributed by atoms with Gasteiger partial charge in [0.05, 0.1) is 35.4 Å². The molecule has 4 rings (SSSR count). The number of hydrogen-bond acceptors (Lipinski definition) is 5. The molecule has 1 atom stereocenters. The zero-order valence-corrected chi connectivity index (χ0v) is 20.2. The molecule has 9 heteroatoms. The van der Waals surface area contributed by atoms with Gasteiger partial charge >= 0.3 is 0 Å². The van der Waals surface area contributed by atoms with E-state index in [4.69, 9.17) is 32.7 Å². The standard InChI is InChI=1S/C26H20Cl2FNO5/c1-3-35-17-9-10-19(27)18(13-17)24(31)22-23(14-4-6-15(29)7-5-14)30(26(33)25(22)32)16-8-11-21(34-2)20(28)12-16/h4-13,23,31H,3H2,1-2H3/b24-22+. The van der Waals surface area contributed by atoms with Gasteiger partial charge in [0.2, 0.25) is 0 Å². The lowest BCUT2D eigenvalue weighted by Crippen LogP contribution is -2.29. The molecule has 6 nitrogen and oxygen atoms in total. The summed E-state index contributed by atoms with van der Waals surface area (Å²) in [7, 11) is 1.45. The van der Waals surface area contributed by atoms with E-state index in [1.807, 2.05) is 0 Å². The van der Waals surface area contributed by atoms with E-state index in [-0.39, 0.29) is 21.2 Å². The van der Waals surface area contributed by atoms with Crippen LogP contribution in [0.1, 0.15) is 24.1 Å². The number of anilines is 1. The molecule has 1 saturated heterocycles. The lowest BCUT2D eigenvalue weighted by Gasteiger charge is -2.26. The Balaban J connectivity index is 1.95. The Hall–Kier alpha value is -3.55. The first-order valence-corrected chi connectivity index (χ1v) is 11.3. The summed E-state index contributed by atoms with van der Waals surface area (Å²) in [5.41, 5.74) is 0.608. The van der Waals surface area contributed by atoms with Crippen LogP contribution >= 0.6 is 23.2 Å². The third-order valence-corrected chi connectivity index (χ3v) is 6.17. The van der Waals surface area contributed by atoms with Crippen LogP contribution in [0.25, 0.3) is 5.76 Å². The van der Waals surface area contributed by atoms with Crippen LogP contribution in [0, 0.1) is 5.82 Å². The van der Waals surface area contributed by atoms with Crippen LogP contribution in [0.15, 0.2) is 66.2 Å². The molecule has 3 aromatic rings. The summed E-state index contributed by atoms with van der Waals surface area (Å²) in [6, 6.07) is 13.4. The number of amides is 1. The summed E-state index contributed by atoms with van der Waals surface area (Å²) >= 11 is 12.6. The maximum absolute atomic E-state index is 13.7. The highest BCUT2D eigenvalue weighted by Gasteiger charge is 2.47. The summed E-state index contributed by atoms with van der Waals surface area (Å²) in [5, 5.41) is 11.7. The molecule has 0 saturated carbocycles. The van der Waals surface area contributed by atoms with Gasteiger partial charge in [-0.2, -0.15) is 0 Å². The molecule has 1 fully saturated rings. The summed E-state index contributed by atoms with van der Waals surface area (Å²) in [5.74, 6) is -1.99. The molecular weight excluding hydrogens is 496 g/mol. The Labute approximate surface area is 211 Å². The minimum Gasteiger partial charge on any atom is -0.507 e. The van der Waals surface area contributed by atoms with Gasteiger partial charge in [-0.1, -0.05) is 35.3 Å². The average molecular weight is 516 g/mol. The minimum atomic E-state index is -1.08. The summed E-state index contributed by atoms with van der Waals surface area (Å²) in [6.45, 7) is 2.17. The van der Waals surface area contributed by atoms with E-state index in [1.54, 1.807) is 25.1 Å². The van der Waals surface area contributed by atoms with Gasteiger partial charge in [-0.05, 0) is 61.0 Å². The number of carbonyl (C=O) groups is 2. The Bertz CT molecular complexity index is 1340. The number of ether oxygens (including phenoxy) is 2. The van der Waals surface area contributed by atoms with E-state index in [9.17, 15) is 19.1 Å². The highest BCUT2D eigenvalue weighted by Crippen LogP contribution is 2.44. The third kappa shape index (κ3) is 4.57. The monoisotopic (exact) mass is 515 g/mol. The molecule has 0 aromatic heterocycles. The number of hydrogen-bond donors (Lipinski definition) is 1. The Morgan fingerprint density at radius 2 is 1.74 bits per heavy atom. The largest absolute Gasteiger partial charge is 0.507 e. The molecule has 0 radical (unpaired) electrons. The number of carbonyl (C=O) groups excluding carboxylic acids is 2. The second kappa shape index (κ2) is 9.98. The summed E-state index contributed by atoms with van der Waals surface area (Å²) in [4.78, 5) is 27.7. The van der Waals surface area contributed by atoms with Crippen LogP contribution in [-0.2, 0) is 9.59 Å². The van der Waals surface area contributed by atoms with Crippen LogP contribution in [0.2, 0.25) is 10.0 Å². The third-order valence-electron chi connectivity index (χ3n) is 5.55. The predicted octanol–water partition coefficient (Wildman–Crippen LogP) is 6.17. The van der Waals surface area contributed by atoms with Crippen molar-refractivity contribution in [3.05, 3.63) is 93.2 Å². The van der Waals surface area contributed by atoms with E-state index in [0.717, 1.165) is 0 Å². The van der Waals surface area contributed by atoms with E-state index in [2.05, 4.69) is 0 Å². The molecule has 180 valence electrons. The number of rotatable bonds is 6. The fraction of sp³-hybridized carbons (Fsp3) is 0.154. The van der Waals surface area contributed by atoms with E-state index in [1.165, 1.54) is 54.5 Å². The van der Waals surface area contributed by atoms with Crippen molar-refractivity contribution >= 4 is 46.3 Å². The van der Waals surface area contributed by atoms with Gasteiger partial charge in [-0.15, -0.1) is 0 Å². The number of nitrogens with zero attached hydrogens (tertiary/aromatic N) is 1. The van der Waals surface area contributed by atoms with Gasteiger partial charge in [0, 0.05) is 11.3 Å². The van der Waals surface area contributed by atoms with Crippen LogP contribution in [0.3, 0.4) is 0 Å². The molecule has 1 aliphatic rings. The fourth-order valence-electron chi connectivity index (χ4n) is 3.95. The van der Waals surface area contributed by atoms with Gasteiger partial charge < -0.3 is 14.6 Å². The second-order valence-corrected chi connectivity index (χ2v) is 8.43. The number of aliphatic hydroxyl groups is 1. The van der Waals surface area contributed by atoms with Gasteiger partial charge in [0.15, 0.2) is 0 Å². The van der Waals surface area contributed by atoms with Gasteiger partial charge in [-0.3, -0.25) is 14.5 Å². The van der Waals surface area contributed by atoms with Crippen LogP contribution in [0.4, 0.5) is 10.1 Å². The van der Waals surface area contributed by atoms with Crippen molar-refractivity contribution in [1.82, 2.24) is 0 Å². The second-order valence-electron chi connectivity index (χ2n) is 7.61. The van der Waals surface area contributed by atoms with Crippen LogP contribution in [0.5, 0.6) is 11.5 Å². The zero-order chi connectivity index (χ0) is 25.3. The lowest BCUT2D eigenvalue weighted by molar-refractivity contribution is -0.132. The Morgan fingerprint density at radius 3 is 2.37 bits per heavy atom. The highest BCUT2D eigenvalue weighted by atomic mass is 35.5. The molecule has 1 aliphatic heterocycles. The smallest absolute Gasteiger partial charge is 0.300 e. The highest BCUT2D eigenvalue weighted by molar-refractivity contribution is 6.52. The van der Waals surface area contributed by atoms with Gasteiger partial charge in [-0.25, -0.2) is 4.39 Å². The number of halogens is 3. The normalized spacial score (nSPS) is 17.1. The molecule has 0 aliphatic carbocycles. The maximum atomic E-state index is 13.7. The van der Waals surface area contributed by atoms with Crippen molar-refractivity contribution in [3.63, 3.8) is 0 Å². The van der Waals surface area contributed by atoms with Crippen molar-refractivity contribution in [1.29, 1.82) is 0 Å². The van der Waals surface area contributed by atoms with Crippen molar-refractivity contribution in [2.24, 2.45) is 0 Å². The summed E-state index contributed by atoms with van der Waals surface area (Å²) < 4.78 is 24.4. The van der Waals surface area contributed by atoms with Crippen molar-refractivity contribution in [2.45, 2.75) is 13.0 Å². The van der Waals surface area contributed by atoms with Crippen LogP contribution < -0.4 is 14.4 Å². The van der Waals surface area contributed by atoms with Crippen molar-refractivity contribution in [2.75, 3.05) is 18.6 Å². The predicted molar refractivity (Wildman–Crippen MR) is 132 cm³/mol. The number of ketones is 1. The average Bonchev–Trinajstić information content (AvgIpc) is 3.11. The lowest BCUT2D eigenvalue weighted by atomic mass is 9.95. The maximum Gasteiger partial charge on any atom is 0.300 e. The van der Waals surface area contributed by atoms with E-state index in [0.29, 0.717) is 29.4 Å². The fourth-order valence-corrected chi connectivity index (χ4v) is 4.41. The number of Topliss-reactive ketones (excluding diaryl/α,β-unsaturated/α-hetero) is 1. The van der Waals surface area contributed by atoms with Gasteiger partial charge in [0.1, 0.15) is 23.1 Å². The number of methoxy groups -OCH3 is 1. The Morgan fingerprint density at radius 1 is 1.03 bits per heavy atom. The van der Waals surface area contributed by atoms with E-state index >= 15 is 0 Å². The van der Waals surface area contributed by atoms with Crippen molar-refractivity contribution in [3.8, 4) is 11.5 Å². The molecule has 0 spiro atoms. The van der Waals surface area contributed by atoms with Crippen molar-refractivity contribution < 1.29 is 28.6 Å².